The number of aryl methyl sites for hydroxylation is 3. The molecule has 0 aliphatic carbocycles. The number of nitrogens with zero attached hydrogens (tertiary/aromatic N) is 1. The van der Waals surface area contributed by atoms with Gasteiger partial charge in [-0.2, -0.15) is 4.57 Å². The summed E-state index contributed by atoms with van der Waals surface area (Å²) in [7, 11) is 1.68. The number of aromatic nitrogens is 1. The van der Waals surface area contributed by atoms with Crippen molar-refractivity contribution in [1.82, 2.24) is 0 Å². The van der Waals surface area contributed by atoms with Crippen LogP contribution in [0.5, 0.6) is 23.0 Å². The molecule has 2 aliphatic heterocycles. The molecule has 0 saturated carbocycles. The number of pyridine rings is 1. The summed E-state index contributed by atoms with van der Waals surface area (Å²) in [5.74, 6) is 3.17. The third-order valence-corrected chi connectivity index (χ3v) is 6.30. The topological polar surface area (TPSA) is 40.8 Å². The number of ether oxygens (including phenoxy) is 4. The summed E-state index contributed by atoms with van der Waals surface area (Å²) < 4.78 is 25.5. The van der Waals surface area contributed by atoms with Crippen LogP contribution >= 0.6 is 0 Å². The molecule has 168 valence electrons. The van der Waals surface area contributed by atoms with Crippen molar-refractivity contribution < 1.29 is 40.5 Å². The normalized spacial score (nSPS) is 13.2. The molecular formula is C27H24BrNO4. The molecule has 0 fully saturated rings. The third-order valence-electron chi connectivity index (χ3n) is 6.30. The van der Waals surface area contributed by atoms with Gasteiger partial charge in [-0.15, -0.1) is 0 Å². The summed E-state index contributed by atoms with van der Waals surface area (Å²) in [5, 5.41) is 2.16. The molecule has 5 nitrogen and oxygen atoms in total. The van der Waals surface area contributed by atoms with E-state index in [2.05, 4.69) is 66.2 Å². The molecule has 1 aromatic heterocycles. The van der Waals surface area contributed by atoms with Gasteiger partial charge in [-0.1, -0.05) is 29.8 Å². The van der Waals surface area contributed by atoms with Crippen molar-refractivity contribution in [2.24, 2.45) is 0 Å². The molecule has 0 amide bonds. The highest BCUT2D eigenvalue weighted by atomic mass is 79.9. The summed E-state index contributed by atoms with van der Waals surface area (Å²) in [5.41, 5.74) is 6.03. The van der Waals surface area contributed by atoms with E-state index in [0.29, 0.717) is 6.61 Å². The van der Waals surface area contributed by atoms with Gasteiger partial charge in [0.25, 0.3) is 0 Å². The van der Waals surface area contributed by atoms with E-state index in [1.54, 1.807) is 7.11 Å². The Labute approximate surface area is 203 Å². The molecule has 2 aliphatic rings. The summed E-state index contributed by atoms with van der Waals surface area (Å²) >= 11 is 0. The largest absolute Gasteiger partial charge is 1.00 e. The first-order valence-electron chi connectivity index (χ1n) is 10.8. The maximum absolute atomic E-state index is 6.31. The predicted molar refractivity (Wildman–Crippen MR) is 121 cm³/mol. The average molecular weight is 506 g/mol. The quantitative estimate of drug-likeness (QED) is 0.397. The molecule has 6 rings (SSSR count). The van der Waals surface area contributed by atoms with Gasteiger partial charge in [-0.05, 0) is 47.7 Å². The zero-order chi connectivity index (χ0) is 21.7. The van der Waals surface area contributed by atoms with E-state index in [4.69, 9.17) is 18.9 Å². The Morgan fingerprint density at radius 1 is 0.970 bits per heavy atom. The summed E-state index contributed by atoms with van der Waals surface area (Å²) in [4.78, 5) is 0. The van der Waals surface area contributed by atoms with Crippen LogP contribution < -0.4 is 40.5 Å². The van der Waals surface area contributed by atoms with Crippen molar-refractivity contribution in [1.29, 1.82) is 0 Å². The van der Waals surface area contributed by atoms with Gasteiger partial charge < -0.3 is 35.9 Å². The predicted octanol–water partition coefficient (Wildman–Crippen LogP) is 1.98. The summed E-state index contributed by atoms with van der Waals surface area (Å²) in [6, 6.07) is 18.9. The zero-order valence-corrected chi connectivity index (χ0v) is 20.1. The molecule has 0 unspecified atom stereocenters. The Hall–Kier alpha value is -3.25. The van der Waals surface area contributed by atoms with Crippen molar-refractivity contribution in [3.63, 3.8) is 0 Å². The zero-order valence-electron chi connectivity index (χ0n) is 18.6. The second-order valence-electron chi connectivity index (χ2n) is 8.34. The highest BCUT2D eigenvalue weighted by Gasteiger charge is 2.28. The molecule has 3 heterocycles. The van der Waals surface area contributed by atoms with Crippen LogP contribution in [0.15, 0.2) is 60.8 Å². The number of fused-ring (bicyclic) bond motifs is 5. The maximum atomic E-state index is 6.31. The van der Waals surface area contributed by atoms with Gasteiger partial charge in [0.2, 0.25) is 12.5 Å². The van der Waals surface area contributed by atoms with Gasteiger partial charge >= 0.3 is 0 Å². The lowest BCUT2D eigenvalue weighted by Crippen LogP contribution is -3.00. The van der Waals surface area contributed by atoms with E-state index in [-0.39, 0.29) is 23.8 Å². The van der Waals surface area contributed by atoms with Gasteiger partial charge in [0, 0.05) is 12.5 Å². The van der Waals surface area contributed by atoms with Crippen LogP contribution in [-0.4, -0.2) is 13.9 Å². The number of benzene rings is 3. The van der Waals surface area contributed by atoms with Crippen molar-refractivity contribution >= 4 is 10.8 Å². The molecule has 0 bridgehead atoms. The van der Waals surface area contributed by atoms with Crippen LogP contribution in [-0.2, 0) is 19.6 Å². The monoisotopic (exact) mass is 505 g/mol. The third kappa shape index (κ3) is 3.78. The Balaban J connectivity index is 0.00000228. The van der Waals surface area contributed by atoms with E-state index in [0.717, 1.165) is 52.3 Å². The lowest BCUT2D eigenvalue weighted by Gasteiger charge is -2.18. The van der Waals surface area contributed by atoms with Crippen LogP contribution in [0.2, 0.25) is 0 Å². The number of rotatable bonds is 4. The Kier molecular flexibility index (Phi) is 5.62. The van der Waals surface area contributed by atoms with Gasteiger partial charge in [0.05, 0.1) is 18.1 Å². The first-order chi connectivity index (χ1) is 15.7. The van der Waals surface area contributed by atoms with Gasteiger partial charge in [0.1, 0.15) is 6.61 Å². The van der Waals surface area contributed by atoms with Crippen molar-refractivity contribution in [2.75, 3.05) is 13.9 Å². The molecule has 0 spiro atoms. The second kappa shape index (κ2) is 8.60. The first kappa shape index (κ1) is 21.6. The second-order valence-corrected chi connectivity index (χ2v) is 8.34. The van der Waals surface area contributed by atoms with Crippen molar-refractivity contribution in [2.45, 2.75) is 26.5 Å². The van der Waals surface area contributed by atoms with Crippen LogP contribution in [0, 0.1) is 6.92 Å². The van der Waals surface area contributed by atoms with Gasteiger partial charge in [-0.25, -0.2) is 0 Å². The standard InChI is InChI=1S/C27H24NO4.BrH/c1-17-3-5-18(6-4-17)15-30-27-22-14-28-10-9-20-12-25-26(32-16-31-25)13-21(20)23(28)11-19(22)7-8-24(27)29-2;/h3-8,11-14H,9-10,15-16H2,1-2H3;1H/q+1;/p-1. The van der Waals surface area contributed by atoms with Crippen LogP contribution in [0.3, 0.4) is 0 Å². The fourth-order valence-electron chi connectivity index (χ4n) is 4.55. The molecule has 0 atom stereocenters. The summed E-state index contributed by atoms with van der Waals surface area (Å²) in [6.07, 6.45) is 3.13. The molecule has 0 saturated heterocycles. The van der Waals surface area contributed by atoms with E-state index in [1.165, 1.54) is 22.4 Å². The van der Waals surface area contributed by atoms with E-state index in [1.807, 2.05) is 6.07 Å². The highest BCUT2D eigenvalue weighted by Crippen LogP contribution is 2.41. The number of methoxy groups -OCH3 is 1. The molecule has 3 aromatic carbocycles. The maximum Gasteiger partial charge on any atom is 0.231 e. The van der Waals surface area contributed by atoms with Gasteiger partial charge in [-0.3, -0.25) is 0 Å². The lowest BCUT2D eigenvalue weighted by molar-refractivity contribution is -0.686. The van der Waals surface area contributed by atoms with E-state index >= 15 is 0 Å². The van der Waals surface area contributed by atoms with Crippen LogP contribution in [0.25, 0.3) is 22.0 Å². The number of hydrogen-bond acceptors (Lipinski definition) is 4. The minimum absolute atomic E-state index is 0. The SMILES string of the molecule is COc1ccc2cc3[n+](cc2c1OCc1ccc(C)cc1)CCc1cc2c(cc1-3)OCO2.[Br-]. The van der Waals surface area contributed by atoms with Gasteiger partial charge in [0.15, 0.2) is 35.7 Å². The Morgan fingerprint density at radius 2 is 1.76 bits per heavy atom. The first-order valence-corrected chi connectivity index (χ1v) is 10.8. The molecule has 0 radical (unpaired) electrons. The smallest absolute Gasteiger partial charge is 0.231 e. The minimum atomic E-state index is 0. The average Bonchev–Trinajstić information content (AvgIpc) is 3.28. The van der Waals surface area contributed by atoms with Crippen molar-refractivity contribution in [3.8, 4) is 34.3 Å². The minimum Gasteiger partial charge on any atom is -1.00 e. The fourth-order valence-corrected chi connectivity index (χ4v) is 4.55. The molecular weight excluding hydrogens is 482 g/mol. The highest BCUT2D eigenvalue weighted by molar-refractivity contribution is 5.91. The summed E-state index contributed by atoms with van der Waals surface area (Å²) in [6.45, 7) is 3.76. The fraction of sp³-hybridized carbons (Fsp3) is 0.222. The van der Waals surface area contributed by atoms with E-state index < -0.39 is 0 Å². The Morgan fingerprint density at radius 3 is 2.55 bits per heavy atom. The van der Waals surface area contributed by atoms with Crippen LogP contribution in [0.4, 0.5) is 0 Å². The lowest BCUT2D eigenvalue weighted by atomic mass is 9.95. The number of halogens is 1. The molecule has 6 heteroatoms. The van der Waals surface area contributed by atoms with Crippen LogP contribution in [0.1, 0.15) is 16.7 Å². The molecule has 33 heavy (non-hydrogen) atoms. The van der Waals surface area contributed by atoms with Crippen molar-refractivity contribution in [3.05, 3.63) is 77.5 Å². The number of hydrogen-bond donors (Lipinski definition) is 0. The Bertz CT molecular complexity index is 1350. The van der Waals surface area contributed by atoms with E-state index in [9.17, 15) is 0 Å². The molecule has 4 aromatic rings. The molecule has 0 N–H and O–H groups in total.